The molecular formula is C23H40IN3O2. The van der Waals surface area contributed by atoms with Crippen LogP contribution in [0.3, 0.4) is 0 Å². The molecule has 166 valence electrons. The van der Waals surface area contributed by atoms with E-state index in [4.69, 9.17) is 9.73 Å². The van der Waals surface area contributed by atoms with Crippen molar-refractivity contribution >= 4 is 29.9 Å². The smallest absolute Gasteiger partial charge is 0.191 e. The van der Waals surface area contributed by atoms with Gasteiger partial charge >= 0.3 is 0 Å². The molecule has 1 unspecified atom stereocenters. The summed E-state index contributed by atoms with van der Waals surface area (Å²) in [5.41, 5.74) is 2.63. The third-order valence-electron chi connectivity index (χ3n) is 5.48. The Balaban J connectivity index is 0.00000420. The van der Waals surface area contributed by atoms with Crippen molar-refractivity contribution < 1.29 is 9.84 Å². The lowest BCUT2D eigenvalue weighted by atomic mass is 9.86. The first-order chi connectivity index (χ1) is 13.3. The molecule has 1 saturated carbocycles. The summed E-state index contributed by atoms with van der Waals surface area (Å²) in [7, 11) is 0. The third kappa shape index (κ3) is 8.80. The summed E-state index contributed by atoms with van der Waals surface area (Å²) in [5.74, 6) is 0.774. The Kier molecular flexibility index (Phi) is 10.9. The number of hydrogen-bond donors (Lipinski definition) is 3. The molecule has 0 amide bonds. The molecule has 1 atom stereocenters. The van der Waals surface area contributed by atoms with Crippen LogP contribution in [0.25, 0.3) is 0 Å². The van der Waals surface area contributed by atoms with Crippen molar-refractivity contribution in [3.8, 4) is 0 Å². The van der Waals surface area contributed by atoms with E-state index < -0.39 is 6.10 Å². The lowest BCUT2D eigenvalue weighted by Gasteiger charge is -2.21. The van der Waals surface area contributed by atoms with E-state index in [0.29, 0.717) is 12.0 Å². The first kappa shape index (κ1) is 26.2. The molecule has 1 aromatic rings. The topological polar surface area (TPSA) is 65.9 Å². The summed E-state index contributed by atoms with van der Waals surface area (Å²) in [6.07, 6.45) is 2.97. The van der Waals surface area contributed by atoms with Gasteiger partial charge in [-0.2, -0.15) is 0 Å². The fraction of sp³-hybridized carbons (Fsp3) is 0.696. The highest BCUT2D eigenvalue weighted by Crippen LogP contribution is 2.49. The SMILES string of the molecule is CCNC(=NCC1(CCOCC)CC1)NCC(O)c1ccc(C(C)(C)C)cc1.I. The Morgan fingerprint density at radius 3 is 2.34 bits per heavy atom. The second kappa shape index (κ2) is 12.1. The Bertz CT molecular complexity index is 622. The van der Waals surface area contributed by atoms with Crippen LogP contribution in [0.15, 0.2) is 29.3 Å². The van der Waals surface area contributed by atoms with Crippen LogP contribution in [0.5, 0.6) is 0 Å². The Hall–Kier alpha value is -0.860. The first-order valence-corrected chi connectivity index (χ1v) is 10.7. The molecule has 0 radical (unpaired) electrons. The number of benzene rings is 1. The minimum absolute atomic E-state index is 0. The molecule has 0 spiro atoms. The average molecular weight is 517 g/mol. The van der Waals surface area contributed by atoms with Crippen molar-refractivity contribution in [3.63, 3.8) is 0 Å². The molecule has 0 aliphatic heterocycles. The lowest BCUT2D eigenvalue weighted by Crippen LogP contribution is -2.39. The van der Waals surface area contributed by atoms with E-state index in [-0.39, 0.29) is 29.4 Å². The Morgan fingerprint density at radius 2 is 1.83 bits per heavy atom. The van der Waals surface area contributed by atoms with Gasteiger partial charge in [0.1, 0.15) is 0 Å². The van der Waals surface area contributed by atoms with E-state index in [1.807, 2.05) is 19.1 Å². The zero-order chi connectivity index (χ0) is 20.6. The van der Waals surface area contributed by atoms with E-state index >= 15 is 0 Å². The highest BCUT2D eigenvalue weighted by Gasteiger charge is 2.41. The monoisotopic (exact) mass is 517 g/mol. The van der Waals surface area contributed by atoms with Gasteiger partial charge in [-0.05, 0) is 55.1 Å². The Morgan fingerprint density at radius 1 is 1.17 bits per heavy atom. The van der Waals surface area contributed by atoms with Crippen molar-refractivity contribution in [2.24, 2.45) is 10.4 Å². The molecule has 2 rings (SSSR count). The molecule has 3 N–H and O–H groups in total. The van der Waals surface area contributed by atoms with Gasteiger partial charge in [0.25, 0.3) is 0 Å². The predicted octanol–water partition coefficient (Wildman–Crippen LogP) is 4.40. The maximum Gasteiger partial charge on any atom is 0.191 e. The zero-order valence-electron chi connectivity index (χ0n) is 18.8. The number of ether oxygens (including phenoxy) is 1. The van der Waals surface area contributed by atoms with Gasteiger partial charge in [-0.25, -0.2) is 0 Å². The van der Waals surface area contributed by atoms with Gasteiger partial charge in [-0.15, -0.1) is 24.0 Å². The molecule has 0 aromatic heterocycles. The van der Waals surface area contributed by atoms with Crippen molar-refractivity contribution in [2.75, 3.05) is 32.8 Å². The quantitative estimate of drug-likeness (QED) is 0.186. The van der Waals surface area contributed by atoms with E-state index in [9.17, 15) is 5.11 Å². The van der Waals surface area contributed by atoms with Gasteiger partial charge in [-0.3, -0.25) is 4.99 Å². The van der Waals surface area contributed by atoms with Crippen molar-refractivity contribution in [1.29, 1.82) is 0 Å². The standard InChI is InChI=1S/C23H39N3O2.HI/c1-6-24-21(26-17-23(12-13-23)14-15-28-7-2)25-16-20(27)18-8-10-19(11-9-18)22(3,4)5;/h8-11,20,27H,6-7,12-17H2,1-5H3,(H2,24,25,26);1H. The first-order valence-electron chi connectivity index (χ1n) is 10.7. The highest BCUT2D eigenvalue weighted by atomic mass is 127. The number of hydrogen-bond acceptors (Lipinski definition) is 3. The van der Waals surface area contributed by atoms with Gasteiger partial charge in [0.15, 0.2) is 5.96 Å². The largest absolute Gasteiger partial charge is 0.387 e. The van der Waals surface area contributed by atoms with Crippen LogP contribution in [0.2, 0.25) is 0 Å². The number of halogens is 1. The fourth-order valence-electron chi connectivity index (χ4n) is 3.20. The normalized spacial score (nSPS) is 16.7. The predicted molar refractivity (Wildman–Crippen MR) is 132 cm³/mol. The summed E-state index contributed by atoms with van der Waals surface area (Å²) >= 11 is 0. The van der Waals surface area contributed by atoms with Crippen molar-refractivity contribution in [3.05, 3.63) is 35.4 Å². The number of aliphatic imine (C=N–C) groups is 1. The summed E-state index contributed by atoms with van der Waals surface area (Å²) < 4.78 is 5.51. The summed E-state index contributed by atoms with van der Waals surface area (Å²) in [6, 6.07) is 8.24. The van der Waals surface area contributed by atoms with Crippen LogP contribution >= 0.6 is 24.0 Å². The molecule has 0 heterocycles. The minimum Gasteiger partial charge on any atom is -0.387 e. The molecule has 5 nitrogen and oxygen atoms in total. The van der Waals surface area contributed by atoms with Gasteiger partial charge in [0.2, 0.25) is 0 Å². The van der Waals surface area contributed by atoms with Crippen LogP contribution < -0.4 is 10.6 Å². The van der Waals surface area contributed by atoms with Gasteiger partial charge in [0, 0.05) is 32.8 Å². The van der Waals surface area contributed by atoms with E-state index in [1.54, 1.807) is 0 Å². The maximum atomic E-state index is 10.6. The maximum absolute atomic E-state index is 10.6. The van der Waals surface area contributed by atoms with Crippen LogP contribution in [0.4, 0.5) is 0 Å². The van der Waals surface area contributed by atoms with Crippen LogP contribution in [0.1, 0.15) is 71.1 Å². The van der Waals surface area contributed by atoms with E-state index in [0.717, 1.165) is 44.2 Å². The van der Waals surface area contributed by atoms with Crippen molar-refractivity contribution in [1.82, 2.24) is 10.6 Å². The number of nitrogens with zero attached hydrogens (tertiary/aromatic N) is 1. The molecule has 1 aliphatic carbocycles. The summed E-state index contributed by atoms with van der Waals surface area (Å²) in [4.78, 5) is 4.77. The number of guanidine groups is 1. The molecular weight excluding hydrogens is 477 g/mol. The molecule has 0 bridgehead atoms. The second-order valence-electron chi connectivity index (χ2n) is 8.91. The van der Waals surface area contributed by atoms with Gasteiger partial charge in [-0.1, -0.05) is 45.0 Å². The zero-order valence-corrected chi connectivity index (χ0v) is 21.1. The number of aliphatic hydroxyl groups excluding tert-OH is 1. The third-order valence-corrected chi connectivity index (χ3v) is 5.48. The van der Waals surface area contributed by atoms with Crippen LogP contribution in [-0.4, -0.2) is 43.9 Å². The van der Waals surface area contributed by atoms with Crippen molar-refractivity contribution in [2.45, 2.75) is 65.4 Å². The highest BCUT2D eigenvalue weighted by molar-refractivity contribution is 14.0. The molecule has 1 aliphatic rings. The number of nitrogens with one attached hydrogen (secondary N) is 2. The molecule has 0 saturated heterocycles. The number of aliphatic hydroxyl groups is 1. The fourth-order valence-corrected chi connectivity index (χ4v) is 3.20. The average Bonchev–Trinajstić information content (AvgIpc) is 3.43. The van der Waals surface area contributed by atoms with E-state index in [2.05, 4.69) is 50.5 Å². The molecule has 1 fully saturated rings. The van der Waals surface area contributed by atoms with Crippen LogP contribution in [0, 0.1) is 5.41 Å². The van der Waals surface area contributed by atoms with Crippen LogP contribution in [-0.2, 0) is 10.2 Å². The van der Waals surface area contributed by atoms with E-state index in [1.165, 1.54) is 18.4 Å². The summed E-state index contributed by atoms with van der Waals surface area (Å²) in [5, 5.41) is 17.1. The molecule has 6 heteroatoms. The second-order valence-corrected chi connectivity index (χ2v) is 8.91. The molecule has 29 heavy (non-hydrogen) atoms. The minimum atomic E-state index is -0.564. The summed E-state index contributed by atoms with van der Waals surface area (Å²) in [6.45, 7) is 14.3. The lowest BCUT2D eigenvalue weighted by molar-refractivity contribution is 0.129. The Labute approximate surface area is 194 Å². The number of rotatable bonds is 10. The molecule has 1 aromatic carbocycles. The van der Waals surface area contributed by atoms with Gasteiger partial charge in [0.05, 0.1) is 6.10 Å². The van der Waals surface area contributed by atoms with Gasteiger partial charge < -0.3 is 20.5 Å².